The molecule has 0 bridgehead atoms. The molecule has 0 saturated heterocycles. The Labute approximate surface area is 146 Å². The summed E-state index contributed by atoms with van der Waals surface area (Å²) in [4.78, 5) is 4.61. The molecule has 0 aliphatic carbocycles. The zero-order valence-electron chi connectivity index (χ0n) is 13.6. The van der Waals surface area contributed by atoms with Gasteiger partial charge in [0.05, 0.1) is 18.8 Å². The monoisotopic (exact) mass is 330 g/mol. The molecule has 1 aliphatic rings. The second-order valence-electron chi connectivity index (χ2n) is 6.07. The molecule has 4 heteroatoms. The van der Waals surface area contributed by atoms with Crippen molar-refractivity contribution in [3.8, 4) is 16.9 Å². The molecule has 124 valence electrons. The molecule has 0 saturated carbocycles. The van der Waals surface area contributed by atoms with Gasteiger partial charge in [0.2, 0.25) is 0 Å². The first-order valence-electron chi connectivity index (χ1n) is 8.17. The van der Waals surface area contributed by atoms with Crippen LogP contribution in [0, 0.1) is 0 Å². The number of nitrogens with zero attached hydrogens (tertiary/aromatic N) is 1. The summed E-state index contributed by atoms with van der Waals surface area (Å²) < 4.78 is 0. The van der Waals surface area contributed by atoms with Crippen molar-refractivity contribution in [2.45, 2.75) is 13.2 Å². The van der Waals surface area contributed by atoms with Gasteiger partial charge in [-0.3, -0.25) is 4.98 Å². The van der Waals surface area contributed by atoms with E-state index in [-0.39, 0.29) is 12.4 Å². The SMILES string of the molecule is OCc1cccc(C2=CNCc3ncc(-c4cccc(O)c4)cc32)c1. The smallest absolute Gasteiger partial charge is 0.116 e. The highest BCUT2D eigenvalue weighted by Crippen LogP contribution is 2.32. The van der Waals surface area contributed by atoms with Crippen molar-refractivity contribution in [2.24, 2.45) is 0 Å². The third-order valence-corrected chi connectivity index (χ3v) is 4.38. The van der Waals surface area contributed by atoms with Crippen LogP contribution in [0.5, 0.6) is 5.75 Å². The fourth-order valence-electron chi connectivity index (χ4n) is 3.11. The van der Waals surface area contributed by atoms with E-state index in [1.54, 1.807) is 12.1 Å². The summed E-state index contributed by atoms with van der Waals surface area (Å²) in [6, 6.07) is 17.2. The summed E-state index contributed by atoms with van der Waals surface area (Å²) >= 11 is 0. The van der Waals surface area contributed by atoms with E-state index in [1.807, 2.05) is 48.8 Å². The van der Waals surface area contributed by atoms with E-state index < -0.39 is 0 Å². The Morgan fingerprint density at radius 3 is 2.64 bits per heavy atom. The van der Waals surface area contributed by atoms with E-state index in [2.05, 4.69) is 16.4 Å². The number of phenolic OH excluding ortho intramolecular Hbond substituents is 1. The lowest BCUT2D eigenvalue weighted by Gasteiger charge is -2.20. The van der Waals surface area contributed by atoms with Crippen LogP contribution >= 0.6 is 0 Å². The van der Waals surface area contributed by atoms with Crippen molar-refractivity contribution >= 4 is 5.57 Å². The van der Waals surface area contributed by atoms with Crippen molar-refractivity contribution in [2.75, 3.05) is 0 Å². The Kier molecular flexibility index (Phi) is 3.96. The summed E-state index contributed by atoms with van der Waals surface area (Å²) in [6.45, 7) is 0.696. The molecule has 0 spiro atoms. The first kappa shape index (κ1) is 15.4. The summed E-state index contributed by atoms with van der Waals surface area (Å²) in [5.41, 5.74) is 6.90. The fraction of sp³-hybridized carbons (Fsp3) is 0.0952. The first-order valence-corrected chi connectivity index (χ1v) is 8.17. The van der Waals surface area contributed by atoms with Gasteiger partial charge in [-0.05, 0) is 41.0 Å². The van der Waals surface area contributed by atoms with E-state index in [0.717, 1.165) is 39.1 Å². The second kappa shape index (κ2) is 6.42. The van der Waals surface area contributed by atoms with Crippen molar-refractivity contribution in [3.63, 3.8) is 0 Å². The molecule has 0 unspecified atom stereocenters. The van der Waals surface area contributed by atoms with E-state index >= 15 is 0 Å². The Bertz CT molecular complexity index is 964. The Balaban J connectivity index is 1.81. The van der Waals surface area contributed by atoms with Crippen LogP contribution < -0.4 is 5.32 Å². The van der Waals surface area contributed by atoms with Crippen LogP contribution in [-0.4, -0.2) is 15.2 Å². The number of nitrogens with one attached hydrogen (secondary N) is 1. The number of rotatable bonds is 3. The van der Waals surface area contributed by atoms with Crippen LogP contribution in [0.2, 0.25) is 0 Å². The molecule has 3 aromatic rings. The first-order chi connectivity index (χ1) is 12.2. The lowest BCUT2D eigenvalue weighted by molar-refractivity contribution is 0.282. The van der Waals surface area contributed by atoms with Gasteiger partial charge >= 0.3 is 0 Å². The van der Waals surface area contributed by atoms with Gasteiger partial charge in [0.1, 0.15) is 5.75 Å². The second-order valence-corrected chi connectivity index (χ2v) is 6.07. The molecule has 1 aromatic heterocycles. The predicted molar refractivity (Wildman–Crippen MR) is 97.6 cm³/mol. The van der Waals surface area contributed by atoms with Gasteiger partial charge in [0.15, 0.2) is 0 Å². The highest BCUT2D eigenvalue weighted by Gasteiger charge is 2.17. The van der Waals surface area contributed by atoms with Gasteiger partial charge < -0.3 is 15.5 Å². The third kappa shape index (κ3) is 2.99. The molecule has 0 atom stereocenters. The van der Waals surface area contributed by atoms with Crippen molar-refractivity contribution < 1.29 is 10.2 Å². The number of fused-ring (bicyclic) bond motifs is 1. The molecular weight excluding hydrogens is 312 g/mol. The predicted octanol–water partition coefficient (Wildman–Crippen LogP) is 3.44. The van der Waals surface area contributed by atoms with Crippen LogP contribution in [0.15, 0.2) is 67.0 Å². The van der Waals surface area contributed by atoms with E-state index in [0.29, 0.717) is 6.54 Å². The summed E-state index contributed by atoms with van der Waals surface area (Å²) in [7, 11) is 0. The molecule has 1 aliphatic heterocycles. The van der Waals surface area contributed by atoms with Gasteiger partial charge in [-0.15, -0.1) is 0 Å². The van der Waals surface area contributed by atoms with Gasteiger partial charge in [-0.2, -0.15) is 0 Å². The van der Waals surface area contributed by atoms with E-state index in [9.17, 15) is 10.2 Å². The number of aliphatic hydroxyl groups is 1. The van der Waals surface area contributed by atoms with Crippen LogP contribution in [0.3, 0.4) is 0 Å². The number of phenols is 1. The van der Waals surface area contributed by atoms with Crippen LogP contribution in [-0.2, 0) is 13.2 Å². The normalized spacial score (nSPS) is 12.9. The third-order valence-electron chi connectivity index (χ3n) is 4.38. The van der Waals surface area contributed by atoms with E-state index in [4.69, 9.17) is 0 Å². The quantitative estimate of drug-likeness (QED) is 0.688. The largest absolute Gasteiger partial charge is 0.508 e. The zero-order chi connectivity index (χ0) is 17.2. The van der Waals surface area contributed by atoms with Crippen molar-refractivity contribution in [3.05, 3.63) is 89.4 Å². The van der Waals surface area contributed by atoms with Crippen molar-refractivity contribution in [1.29, 1.82) is 0 Å². The maximum absolute atomic E-state index is 9.74. The van der Waals surface area contributed by atoms with Crippen LogP contribution in [0.1, 0.15) is 22.4 Å². The number of benzene rings is 2. The number of hydrogen-bond acceptors (Lipinski definition) is 4. The highest BCUT2D eigenvalue weighted by atomic mass is 16.3. The molecule has 4 nitrogen and oxygen atoms in total. The summed E-state index contributed by atoms with van der Waals surface area (Å²) in [5.74, 6) is 0.239. The Morgan fingerprint density at radius 1 is 0.960 bits per heavy atom. The molecule has 25 heavy (non-hydrogen) atoms. The number of hydrogen-bond donors (Lipinski definition) is 3. The Hall–Kier alpha value is -3.11. The van der Waals surface area contributed by atoms with Gasteiger partial charge in [0.25, 0.3) is 0 Å². The fourth-order valence-corrected chi connectivity index (χ4v) is 3.11. The Morgan fingerprint density at radius 2 is 1.80 bits per heavy atom. The standard InChI is InChI=1S/C21H18N2O2/c24-13-14-3-1-5-16(7-14)20-11-22-12-21-19(20)9-17(10-23-21)15-4-2-6-18(25)8-15/h1-11,22,24-25H,12-13H2. The van der Waals surface area contributed by atoms with Gasteiger partial charge in [-0.1, -0.05) is 30.3 Å². The average Bonchev–Trinajstić information content (AvgIpc) is 2.67. The van der Waals surface area contributed by atoms with Crippen molar-refractivity contribution in [1.82, 2.24) is 10.3 Å². The minimum atomic E-state index is 0.0169. The van der Waals surface area contributed by atoms with Crippen LogP contribution in [0.4, 0.5) is 0 Å². The number of aromatic nitrogens is 1. The lowest BCUT2D eigenvalue weighted by Crippen LogP contribution is -2.16. The topological polar surface area (TPSA) is 65.4 Å². The molecule has 3 N–H and O–H groups in total. The minimum Gasteiger partial charge on any atom is -0.508 e. The minimum absolute atomic E-state index is 0.0169. The molecule has 0 amide bonds. The number of pyridine rings is 1. The molecule has 2 heterocycles. The lowest BCUT2D eigenvalue weighted by atomic mass is 9.92. The summed E-state index contributed by atoms with van der Waals surface area (Å²) in [6.07, 6.45) is 3.83. The molecule has 2 aromatic carbocycles. The van der Waals surface area contributed by atoms with Gasteiger partial charge in [-0.25, -0.2) is 0 Å². The molecular formula is C21H18N2O2. The van der Waals surface area contributed by atoms with Gasteiger partial charge in [0, 0.05) is 29.1 Å². The van der Waals surface area contributed by atoms with E-state index in [1.165, 1.54) is 0 Å². The molecule has 0 radical (unpaired) electrons. The zero-order valence-corrected chi connectivity index (χ0v) is 13.6. The maximum atomic E-state index is 9.74. The number of aromatic hydroxyl groups is 1. The van der Waals surface area contributed by atoms with Crippen LogP contribution in [0.25, 0.3) is 16.7 Å². The number of aliphatic hydroxyl groups excluding tert-OH is 1. The molecule has 4 rings (SSSR count). The highest BCUT2D eigenvalue weighted by molar-refractivity contribution is 5.84. The maximum Gasteiger partial charge on any atom is 0.116 e. The summed E-state index contributed by atoms with van der Waals surface area (Å²) in [5, 5.41) is 22.4. The average molecular weight is 330 g/mol. The molecule has 0 fully saturated rings.